The molecule has 20 heavy (non-hydrogen) atoms. The van der Waals surface area contributed by atoms with E-state index in [0.29, 0.717) is 6.04 Å². The van der Waals surface area contributed by atoms with Crippen molar-refractivity contribution in [3.05, 3.63) is 77.9 Å². The van der Waals surface area contributed by atoms with Crippen LogP contribution in [0.5, 0.6) is 0 Å². The highest BCUT2D eigenvalue weighted by atomic mass is 14.9. The first-order valence-corrected chi connectivity index (χ1v) is 7.33. The minimum atomic E-state index is 0.538. The normalized spacial score (nSPS) is 12.7. The average molecular weight is 265 g/mol. The molecule has 0 saturated heterocycles. The fourth-order valence-electron chi connectivity index (χ4n) is 2.16. The Labute approximate surface area is 122 Å². The molecule has 0 fully saturated rings. The molecular formula is C19H23N. The largest absolute Gasteiger partial charge is 0.311 e. The van der Waals surface area contributed by atoms with Gasteiger partial charge in [-0.3, -0.25) is 0 Å². The Kier molecular flexibility index (Phi) is 6.07. The molecule has 2 rings (SSSR count). The standard InChI is InChI=1S/C19H23N/c1-17(14-15-19-11-6-3-7-12-19)20-16-8-13-18-9-4-2-5-10-18/h2-13,17,20H,14-16H2,1H3/b13-8+/t17-/m1/s1. The minimum absolute atomic E-state index is 0.538. The first-order valence-electron chi connectivity index (χ1n) is 7.33. The van der Waals surface area contributed by atoms with Crippen LogP contribution in [0.15, 0.2) is 66.7 Å². The van der Waals surface area contributed by atoms with Gasteiger partial charge in [0, 0.05) is 12.6 Å². The van der Waals surface area contributed by atoms with Gasteiger partial charge in [0.15, 0.2) is 0 Å². The van der Waals surface area contributed by atoms with Gasteiger partial charge in [0.1, 0.15) is 0 Å². The van der Waals surface area contributed by atoms with Crippen molar-refractivity contribution in [3.8, 4) is 0 Å². The van der Waals surface area contributed by atoms with Crippen molar-refractivity contribution >= 4 is 6.08 Å². The summed E-state index contributed by atoms with van der Waals surface area (Å²) < 4.78 is 0. The summed E-state index contributed by atoms with van der Waals surface area (Å²) in [5.41, 5.74) is 2.67. The lowest BCUT2D eigenvalue weighted by Crippen LogP contribution is -2.26. The van der Waals surface area contributed by atoms with Crippen molar-refractivity contribution in [1.82, 2.24) is 5.32 Å². The lowest BCUT2D eigenvalue weighted by Gasteiger charge is -2.12. The molecular weight excluding hydrogens is 242 g/mol. The van der Waals surface area contributed by atoms with Crippen LogP contribution < -0.4 is 5.32 Å². The first kappa shape index (κ1) is 14.5. The Morgan fingerprint density at radius 1 is 0.950 bits per heavy atom. The van der Waals surface area contributed by atoms with Crippen LogP contribution in [0.4, 0.5) is 0 Å². The maximum atomic E-state index is 3.54. The molecule has 0 aromatic heterocycles. The number of aryl methyl sites for hydroxylation is 1. The third-order valence-corrected chi connectivity index (χ3v) is 3.40. The molecule has 0 unspecified atom stereocenters. The zero-order valence-corrected chi connectivity index (χ0v) is 12.1. The van der Waals surface area contributed by atoms with E-state index < -0.39 is 0 Å². The molecule has 0 radical (unpaired) electrons. The third kappa shape index (κ3) is 5.41. The fraction of sp³-hybridized carbons (Fsp3) is 0.263. The zero-order valence-electron chi connectivity index (χ0n) is 12.1. The van der Waals surface area contributed by atoms with Crippen LogP contribution in [0, 0.1) is 0 Å². The Morgan fingerprint density at radius 3 is 2.30 bits per heavy atom. The topological polar surface area (TPSA) is 12.0 Å². The van der Waals surface area contributed by atoms with Crippen LogP contribution in [0.1, 0.15) is 24.5 Å². The SMILES string of the molecule is C[C@H](CCc1ccccc1)NC/C=C/c1ccccc1. The van der Waals surface area contributed by atoms with Gasteiger partial charge >= 0.3 is 0 Å². The van der Waals surface area contributed by atoms with Crippen LogP contribution in [0.2, 0.25) is 0 Å². The molecule has 2 aromatic carbocycles. The monoisotopic (exact) mass is 265 g/mol. The number of hydrogen-bond donors (Lipinski definition) is 1. The van der Waals surface area contributed by atoms with Crippen molar-refractivity contribution in [1.29, 1.82) is 0 Å². The summed E-state index contributed by atoms with van der Waals surface area (Å²) in [5.74, 6) is 0. The average Bonchev–Trinajstić information content (AvgIpc) is 2.52. The molecule has 1 N–H and O–H groups in total. The summed E-state index contributed by atoms with van der Waals surface area (Å²) >= 11 is 0. The Hall–Kier alpha value is -1.86. The highest BCUT2D eigenvalue weighted by Gasteiger charge is 2.00. The van der Waals surface area contributed by atoms with Crippen molar-refractivity contribution in [3.63, 3.8) is 0 Å². The Morgan fingerprint density at radius 2 is 1.60 bits per heavy atom. The molecule has 0 aliphatic rings. The second-order valence-corrected chi connectivity index (χ2v) is 5.15. The molecule has 0 amide bonds. The number of rotatable bonds is 7. The molecule has 0 saturated carbocycles. The maximum absolute atomic E-state index is 3.54. The zero-order chi connectivity index (χ0) is 14.0. The van der Waals surface area contributed by atoms with Crippen molar-refractivity contribution < 1.29 is 0 Å². The summed E-state index contributed by atoms with van der Waals surface area (Å²) in [4.78, 5) is 0. The molecule has 0 spiro atoms. The maximum Gasteiger partial charge on any atom is 0.0140 e. The van der Waals surface area contributed by atoms with E-state index in [9.17, 15) is 0 Å². The van der Waals surface area contributed by atoms with Gasteiger partial charge in [-0.05, 0) is 30.9 Å². The van der Waals surface area contributed by atoms with Crippen LogP contribution in [0.3, 0.4) is 0 Å². The molecule has 0 heterocycles. The van der Waals surface area contributed by atoms with E-state index in [0.717, 1.165) is 13.0 Å². The summed E-state index contributed by atoms with van der Waals surface area (Å²) in [6.45, 7) is 3.17. The first-order chi connectivity index (χ1) is 9.84. The number of benzene rings is 2. The van der Waals surface area contributed by atoms with Crippen LogP contribution >= 0.6 is 0 Å². The molecule has 0 aliphatic heterocycles. The molecule has 2 aromatic rings. The molecule has 0 aliphatic carbocycles. The van der Waals surface area contributed by atoms with E-state index >= 15 is 0 Å². The summed E-state index contributed by atoms with van der Waals surface area (Å²) in [6, 6.07) is 21.6. The Balaban J connectivity index is 1.65. The van der Waals surface area contributed by atoms with E-state index in [1.54, 1.807) is 0 Å². The van der Waals surface area contributed by atoms with E-state index in [2.05, 4.69) is 79.0 Å². The number of nitrogens with one attached hydrogen (secondary N) is 1. The molecule has 0 bridgehead atoms. The lowest BCUT2D eigenvalue weighted by molar-refractivity contribution is 0.543. The second-order valence-electron chi connectivity index (χ2n) is 5.15. The summed E-state index contributed by atoms with van der Waals surface area (Å²) in [7, 11) is 0. The summed E-state index contributed by atoms with van der Waals surface area (Å²) in [5, 5.41) is 3.54. The second kappa shape index (κ2) is 8.34. The van der Waals surface area contributed by atoms with Gasteiger partial charge < -0.3 is 5.32 Å². The van der Waals surface area contributed by atoms with Gasteiger partial charge in [0.2, 0.25) is 0 Å². The predicted octanol–water partition coefficient (Wildman–Crippen LogP) is 4.31. The molecule has 1 nitrogen and oxygen atoms in total. The molecule has 1 atom stereocenters. The van der Waals surface area contributed by atoms with Gasteiger partial charge in [-0.1, -0.05) is 72.8 Å². The van der Waals surface area contributed by atoms with E-state index in [1.807, 2.05) is 6.07 Å². The van der Waals surface area contributed by atoms with Gasteiger partial charge in [-0.2, -0.15) is 0 Å². The third-order valence-electron chi connectivity index (χ3n) is 3.40. The van der Waals surface area contributed by atoms with Crippen LogP contribution in [0.25, 0.3) is 6.08 Å². The van der Waals surface area contributed by atoms with Crippen LogP contribution in [-0.4, -0.2) is 12.6 Å². The predicted molar refractivity (Wildman–Crippen MR) is 87.7 cm³/mol. The minimum Gasteiger partial charge on any atom is -0.311 e. The number of hydrogen-bond acceptors (Lipinski definition) is 1. The smallest absolute Gasteiger partial charge is 0.0140 e. The molecule has 1 heteroatoms. The van der Waals surface area contributed by atoms with Crippen molar-refractivity contribution in [2.75, 3.05) is 6.54 Å². The fourth-order valence-corrected chi connectivity index (χ4v) is 2.16. The van der Waals surface area contributed by atoms with E-state index in [-0.39, 0.29) is 0 Å². The van der Waals surface area contributed by atoms with Gasteiger partial charge in [0.25, 0.3) is 0 Å². The van der Waals surface area contributed by atoms with Gasteiger partial charge in [-0.25, -0.2) is 0 Å². The van der Waals surface area contributed by atoms with Gasteiger partial charge in [-0.15, -0.1) is 0 Å². The highest BCUT2D eigenvalue weighted by molar-refractivity contribution is 5.48. The lowest BCUT2D eigenvalue weighted by atomic mass is 10.1. The van der Waals surface area contributed by atoms with E-state index in [1.165, 1.54) is 17.5 Å². The van der Waals surface area contributed by atoms with E-state index in [4.69, 9.17) is 0 Å². The van der Waals surface area contributed by atoms with Crippen molar-refractivity contribution in [2.24, 2.45) is 0 Å². The highest BCUT2D eigenvalue weighted by Crippen LogP contribution is 2.05. The molecule has 104 valence electrons. The Bertz CT molecular complexity index is 502. The quantitative estimate of drug-likeness (QED) is 0.786. The van der Waals surface area contributed by atoms with Gasteiger partial charge in [0.05, 0.1) is 0 Å². The van der Waals surface area contributed by atoms with Crippen molar-refractivity contribution in [2.45, 2.75) is 25.8 Å². The van der Waals surface area contributed by atoms with Crippen LogP contribution in [-0.2, 0) is 6.42 Å². The summed E-state index contributed by atoms with van der Waals surface area (Å²) in [6.07, 6.45) is 6.66.